The Morgan fingerprint density at radius 2 is 2.33 bits per heavy atom. The van der Waals surface area contributed by atoms with Gasteiger partial charge in [-0.25, -0.2) is 4.79 Å². The van der Waals surface area contributed by atoms with E-state index in [0.29, 0.717) is 18.0 Å². The van der Waals surface area contributed by atoms with E-state index in [4.69, 9.17) is 0 Å². The minimum atomic E-state index is -0.360. The van der Waals surface area contributed by atoms with E-state index in [0.717, 1.165) is 0 Å². The summed E-state index contributed by atoms with van der Waals surface area (Å²) in [6.45, 7) is 2.07. The highest BCUT2D eigenvalue weighted by Crippen LogP contribution is 2.25. The monoisotopic (exact) mass is 224 g/mol. The van der Waals surface area contributed by atoms with Gasteiger partial charge in [0, 0.05) is 11.3 Å². The maximum Gasteiger partial charge on any atom is 0.325 e. The molecule has 1 atom stereocenters. The largest absolute Gasteiger partial charge is 0.493 e. The van der Waals surface area contributed by atoms with Crippen LogP contribution in [0.2, 0.25) is 0 Å². The van der Waals surface area contributed by atoms with Gasteiger partial charge >= 0.3 is 5.69 Å². The number of aromatic hydroxyl groups is 1. The Morgan fingerprint density at radius 1 is 1.53 bits per heavy atom. The number of aromatic amines is 2. The lowest BCUT2D eigenvalue weighted by Crippen LogP contribution is -2.02. The minimum absolute atomic E-state index is 0.0524. The molecule has 15 heavy (non-hydrogen) atoms. The van der Waals surface area contributed by atoms with E-state index in [1.54, 1.807) is 11.3 Å². The average Bonchev–Trinajstić information content (AvgIpc) is 2.76. The Labute approximate surface area is 90.6 Å². The number of rotatable bonds is 3. The fourth-order valence-electron chi connectivity index (χ4n) is 1.54. The van der Waals surface area contributed by atoms with Crippen LogP contribution in [0.25, 0.3) is 0 Å². The zero-order chi connectivity index (χ0) is 10.8. The predicted octanol–water partition coefficient (Wildman–Crippen LogP) is 1.82. The lowest BCUT2D eigenvalue weighted by molar-refractivity contribution is 0.446. The molecule has 0 bridgehead atoms. The summed E-state index contributed by atoms with van der Waals surface area (Å²) >= 11 is 1.68. The Kier molecular flexibility index (Phi) is 2.64. The molecule has 1 unspecified atom stereocenters. The van der Waals surface area contributed by atoms with E-state index in [2.05, 4.69) is 23.0 Å². The molecule has 5 heteroatoms. The van der Waals surface area contributed by atoms with Crippen molar-refractivity contribution in [1.29, 1.82) is 0 Å². The number of hydrogen-bond acceptors (Lipinski definition) is 3. The van der Waals surface area contributed by atoms with Gasteiger partial charge in [-0.15, -0.1) is 11.3 Å². The number of H-pyrrole nitrogens is 2. The van der Waals surface area contributed by atoms with Crippen molar-refractivity contribution in [2.75, 3.05) is 0 Å². The molecule has 0 saturated heterocycles. The number of hydrogen-bond donors (Lipinski definition) is 3. The summed E-state index contributed by atoms with van der Waals surface area (Å²) in [5.41, 5.74) is 0.210. The first-order chi connectivity index (χ1) is 7.16. The van der Waals surface area contributed by atoms with Gasteiger partial charge in [-0.3, -0.25) is 4.98 Å². The van der Waals surface area contributed by atoms with E-state index >= 15 is 0 Å². The molecule has 0 spiro atoms. The molecule has 0 aliphatic rings. The van der Waals surface area contributed by atoms with Gasteiger partial charge in [-0.2, -0.15) is 0 Å². The number of imidazole rings is 1. The maximum absolute atomic E-state index is 10.9. The van der Waals surface area contributed by atoms with Crippen LogP contribution in [0.4, 0.5) is 0 Å². The summed E-state index contributed by atoms with van der Waals surface area (Å²) in [5.74, 6) is 0.241. The molecule has 0 aromatic carbocycles. The minimum Gasteiger partial charge on any atom is -0.493 e. The van der Waals surface area contributed by atoms with Crippen LogP contribution in [0.3, 0.4) is 0 Å². The highest BCUT2D eigenvalue weighted by molar-refractivity contribution is 7.10. The summed E-state index contributed by atoms with van der Waals surface area (Å²) in [6.07, 6.45) is 0.630. The quantitative estimate of drug-likeness (QED) is 0.744. The molecule has 0 saturated carbocycles. The summed E-state index contributed by atoms with van der Waals surface area (Å²) in [4.78, 5) is 17.0. The van der Waals surface area contributed by atoms with E-state index in [-0.39, 0.29) is 11.6 Å². The van der Waals surface area contributed by atoms with Crippen LogP contribution in [0.15, 0.2) is 22.3 Å². The van der Waals surface area contributed by atoms with Crippen molar-refractivity contribution in [2.24, 2.45) is 0 Å². The molecule has 3 N–H and O–H groups in total. The molecule has 0 radical (unpaired) electrons. The molecule has 4 nitrogen and oxygen atoms in total. The van der Waals surface area contributed by atoms with Crippen LogP contribution in [-0.4, -0.2) is 15.1 Å². The van der Waals surface area contributed by atoms with Gasteiger partial charge in [0.2, 0.25) is 5.88 Å². The second-order valence-corrected chi connectivity index (χ2v) is 4.51. The predicted molar refractivity (Wildman–Crippen MR) is 59.5 cm³/mol. The molecular formula is C10H12N2O2S. The molecule has 80 valence electrons. The Hall–Kier alpha value is -1.49. The zero-order valence-corrected chi connectivity index (χ0v) is 9.10. The fourth-order valence-corrected chi connectivity index (χ4v) is 2.32. The first-order valence-electron chi connectivity index (χ1n) is 4.70. The van der Waals surface area contributed by atoms with Crippen LogP contribution in [0, 0.1) is 0 Å². The smallest absolute Gasteiger partial charge is 0.325 e. The Morgan fingerprint density at radius 3 is 2.87 bits per heavy atom. The van der Waals surface area contributed by atoms with E-state index in [1.165, 1.54) is 4.88 Å². The molecule has 0 fully saturated rings. The van der Waals surface area contributed by atoms with E-state index < -0.39 is 0 Å². The maximum atomic E-state index is 10.9. The molecule has 0 aliphatic heterocycles. The van der Waals surface area contributed by atoms with Crippen molar-refractivity contribution in [1.82, 2.24) is 9.97 Å². The van der Waals surface area contributed by atoms with Gasteiger partial charge < -0.3 is 10.1 Å². The molecule has 2 aromatic heterocycles. The van der Waals surface area contributed by atoms with E-state index in [1.807, 2.05) is 11.4 Å². The SMILES string of the molecule is CC(Cc1[nH]c(=O)[nH]c1O)c1cccs1. The van der Waals surface area contributed by atoms with Gasteiger partial charge in [0.25, 0.3) is 0 Å². The highest BCUT2D eigenvalue weighted by atomic mass is 32.1. The van der Waals surface area contributed by atoms with Crippen molar-refractivity contribution in [3.05, 3.63) is 38.6 Å². The second kappa shape index (κ2) is 3.94. The molecular weight excluding hydrogens is 212 g/mol. The summed E-state index contributed by atoms with van der Waals surface area (Å²) < 4.78 is 0. The third-order valence-corrected chi connectivity index (χ3v) is 3.43. The standard InChI is InChI=1S/C10H12N2O2S/c1-6(8-3-2-4-15-8)5-7-9(13)12-10(14)11-7/h2-4,6,13H,5H2,1H3,(H2,11,12,14). The lowest BCUT2D eigenvalue weighted by Gasteiger charge is -2.07. The van der Waals surface area contributed by atoms with Crippen LogP contribution < -0.4 is 5.69 Å². The van der Waals surface area contributed by atoms with Crippen molar-refractivity contribution < 1.29 is 5.11 Å². The topological polar surface area (TPSA) is 68.9 Å². The zero-order valence-electron chi connectivity index (χ0n) is 8.28. The second-order valence-electron chi connectivity index (χ2n) is 3.53. The molecule has 2 aromatic rings. The van der Waals surface area contributed by atoms with Crippen molar-refractivity contribution in [3.8, 4) is 5.88 Å². The normalized spacial score (nSPS) is 12.9. The Balaban J connectivity index is 2.16. The van der Waals surface area contributed by atoms with Gasteiger partial charge in [-0.1, -0.05) is 13.0 Å². The van der Waals surface area contributed by atoms with Gasteiger partial charge in [-0.05, 0) is 17.4 Å². The summed E-state index contributed by atoms with van der Waals surface area (Å²) in [5, 5.41) is 11.4. The fraction of sp³-hybridized carbons (Fsp3) is 0.300. The first-order valence-corrected chi connectivity index (χ1v) is 5.58. The summed E-state index contributed by atoms with van der Waals surface area (Å²) in [6, 6.07) is 4.05. The van der Waals surface area contributed by atoms with Gasteiger partial charge in [0.1, 0.15) is 0 Å². The summed E-state index contributed by atoms with van der Waals surface area (Å²) in [7, 11) is 0. The van der Waals surface area contributed by atoms with Crippen LogP contribution in [0.1, 0.15) is 23.4 Å². The third-order valence-electron chi connectivity index (χ3n) is 2.32. The van der Waals surface area contributed by atoms with E-state index in [9.17, 15) is 9.90 Å². The van der Waals surface area contributed by atoms with Gasteiger partial charge in [0.05, 0.1) is 5.69 Å². The van der Waals surface area contributed by atoms with Gasteiger partial charge in [0.15, 0.2) is 0 Å². The average molecular weight is 224 g/mol. The van der Waals surface area contributed by atoms with Crippen molar-refractivity contribution in [3.63, 3.8) is 0 Å². The lowest BCUT2D eigenvalue weighted by atomic mass is 10.0. The van der Waals surface area contributed by atoms with Crippen molar-refractivity contribution in [2.45, 2.75) is 19.3 Å². The highest BCUT2D eigenvalue weighted by Gasteiger charge is 2.12. The van der Waals surface area contributed by atoms with Crippen LogP contribution >= 0.6 is 11.3 Å². The number of thiophene rings is 1. The van der Waals surface area contributed by atoms with Crippen molar-refractivity contribution >= 4 is 11.3 Å². The Bertz CT molecular complexity index is 484. The third kappa shape index (κ3) is 2.12. The molecule has 2 rings (SSSR count). The first kappa shape index (κ1) is 10.0. The number of nitrogens with one attached hydrogen (secondary N) is 2. The van der Waals surface area contributed by atoms with Crippen LogP contribution in [0.5, 0.6) is 5.88 Å². The van der Waals surface area contributed by atoms with Crippen LogP contribution in [-0.2, 0) is 6.42 Å². The molecule has 0 amide bonds. The molecule has 2 heterocycles. The number of aromatic nitrogens is 2. The molecule has 0 aliphatic carbocycles.